The van der Waals surface area contributed by atoms with E-state index in [2.05, 4.69) is 4.74 Å². The highest BCUT2D eigenvalue weighted by molar-refractivity contribution is 6.61. The molecule has 6 heteroatoms. The van der Waals surface area contributed by atoms with Crippen molar-refractivity contribution < 1.29 is 14.5 Å². The number of nitro groups is 1. The minimum atomic E-state index is -0.986. The number of halogens is 1. The number of rotatable bonds is 3. The van der Waals surface area contributed by atoms with Crippen LogP contribution in [-0.2, 0) is 4.74 Å². The van der Waals surface area contributed by atoms with Gasteiger partial charge in [-0.25, -0.2) is 4.79 Å². The third-order valence-electron chi connectivity index (χ3n) is 1.84. The zero-order valence-corrected chi connectivity index (χ0v) is 8.60. The van der Waals surface area contributed by atoms with Crippen molar-refractivity contribution in [1.82, 2.24) is 0 Å². The van der Waals surface area contributed by atoms with E-state index in [0.29, 0.717) is 5.56 Å². The van der Waals surface area contributed by atoms with Gasteiger partial charge in [-0.2, -0.15) is 0 Å². The summed E-state index contributed by atoms with van der Waals surface area (Å²) in [5, 5.41) is 10.6. The number of nitro benzene ring substituents is 1. The van der Waals surface area contributed by atoms with Crippen molar-refractivity contribution in [1.29, 1.82) is 0 Å². The van der Waals surface area contributed by atoms with Crippen molar-refractivity contribution in [3.8, 4) is 0 Å². The quantitative estimate of drug-likeness (QED) is 0.454. The van der Waals surface area contributed by atoms with Crippen molar-refractivity contribution in [3.63, 3.8) is 0 Å². The van der Waals surface area contributed by atoms with Crippen LogP contribution in [-0.4, -0.2) is 10.4 Å². The molecule has 80 valence electrons. The zero-order chi connectivity index (χ0) is 11.4. The Labute approximate surface area is 90.8 Å². The number of carbonyl (C=O) groups is 1. The first-order valence-corrected chi connectivity index (χ1v) is 4.49. The van der Waals surface area contributed by atoms with Gasteiger partial charge in [0.25, 0.3) is 5.69 Å². The molecule has 0 heterocycles. The van der Waals surface area contributed by atoms with Crippen molar-refractivity contribution in [3.05, 3.63) is 39.9 Å². The Morgan fingerprint density at radius 3 is 2.67 bits per heavy atom. The summed E-state index contributed by atoms with van der Waals surface area (Å²) in [6.45, 7) is 1.52. The summed E-state index contributed by atoms with van der Waals surface area (Å²) in [6, 6.07) is 6.02. The molecule has 1 rings (SSSR count). The fraction of sp³-hybridized carbons (Fsp3) is 0.222. The number of hydrogen-bond acceptors (Lipinski definition) is 4. The summed E-state index contributed by atoms with van der Waals surface area (Å²) < 4.78 is 4.65. The Kier molecular flexibility index (Phi) is 3.62. The molecule has 1 atom stereocenters. The third kappa shape index (κ3) is 2.92. The highest BCUT2D eigenvalue weighted by Crippen LogP contribution is 2.27. The molecule has 1 aromatic carbocycles. The normalized spacial score (nSPS) is 11.9. The van der Waals surface area contributed by atoms with Crippen LogP contribution in [0.5, 0.6) is 0 Å². The maximum atomic E-state index is 10.6. The van der Waals surface area contributed by atoms with Gasteiger partial charge in [0, 0.05) is 17.7 Å². The van der Waals surface area contributed by atoms with E-state index in [9.17, 15) is 14.9 Å². The highest BCUT2D eigenvalue weighted by atomic mass is 35.5. The average Bonchev–Trinajstić information content (AvgIpc) is 2.16. The minimum Gasteiger partial charge on any atom is -0.446 e. The molecule has 0 fully saturated rings. The Morgan fingerprint density at radius 1 is 1.53 bits per heavy atom. The molecule has 15 heavy (non-hydrogen) atoms. The van der Waals surface area contributed by atoms with Gasteiger partial charge in [-0.1, -0.05) is 12.1 Å². The molecule has 0 spiro atoms. The fourth-order valence-electron chi connectivity index (χ4n) is 1.20. The standard InChI is InChI=1S/C9H8ClNO4/c1-6(15-9(10)12)7-4-2-3-5-8(7)11(13)14/h2-6H,1H3/t6-/m1/s1. The van der Waals surface area contributed by atoms with Crippen molar-refractivity contribution in [2.24, 2.45) is 0 Å². The van der Waals surface area contributed by atoms with Gasteiger partial charge in [0.15, 0.2) is 0 Å². The van der Waals surface area contributed by atoms with Crippen LogP contribution in [0, 0.1) is 10.1 Å². The van der Waals surface area contributed by atoms with E-state index >= 15 is 0 Å². The lowest BCUT2D eigenvalue weighted by Crippen LogP contribution is -2.04. The van der Waals surface area contributed by atoms with E-state index in [-0.39, 0.29) is 5.69 Å². The molecule has 0 unspecified atom stereocenters. The largest absolute Gasteiger partial charge is 0.446 e. The maximum Gasteiger partial charge on any atom is 0.404 e. The Hall–Kier alpha value is -1.62. The molecule has 0 N–H and O–H groups in total. The lowest BCUT2D eigenvalue weighted by atomic mass is 10.1. The number of carbonyl (C=O) groups excluding carboxylic acids is 1. The van der Waals surface area contributed by atoms with Gasteiger partial charge in [0.05, 0.1) is 10.5 Å². The predicted octanol–water partition coefficient (Wildman–Crippen LogP) is 3.03. The van der Waals surface area contributed by atoms with Crippen molar-refractivity contribution >= 4 is 22.7 Å². The molecule has 0 amide bonds. The fourth-order valence-corrected chi connectivity index (χ4v) is 1.33. The Balaban J connectivity index is 3.02. The third-order valence-corrected chi connectivity index (χ3v) is 1.93. The first-order valence-electron chi connectivity index (χ1n) is 4.12. The van der Waals surface area contributed by atoms with Crippen molar-refractivity contribution in [2.75, 3.05) is 0 Å². The highest BCUT2D eigenvalue weighted by Gasteiger charge is 2.20. The van der Waals surface area contributed by atoms with Gasteiger partial charge in [-0.3, -0.25) is 10.1 Å². The van der Waals surface area contributed by atoms with Crippen molar-refractivity contribution in [2.45, 2.75) is 13.0 Å². The zero-order valence-electron chi connectivity index (χ0n) is 7.84. The molecule has 0 saturated heterocycles. The second kappa shape index (κ2) is 4.75. The number of nitrogens with zero attached hydrogens (tertiary/aromatic N) is 1. The smallest absolute Gasteiger partial charge is 0.404 e. The summed E-state index contributed by atoms with van der Waals surface area (Å²) in [6.07, 6.45) is -0.739. The van der Waals surface area contributed by atoms with Crippen LogP contribution < -0.4 is 0 Å². The SMILES string of the molecule is C[C@@H](OC(=O)Cl)c1ccccc1[N+](=O)[O-]. The minimum absolute atomic E-state index is 0.0945. The van der Waals surface area contributed by atoms with E-state index in [0.717, 1.165) is 0 Å². The second-order valence-corrected chi connectivity index (χ2v) is 3.12. The maximum absolute atomic E-state index is 10.6. The molecule has 0 aliphatic heterocycles. The van der Waals surface area contributed by atoms with Crippen LogP contribution in [0.3, 0.4) is 0 Å². The first-order chi connectivity index (χ1) is 7.02. The summed E-state index contributed by atoms with van der Waals surface area (Å²) in [5.74, 6) is 0. The van der Waals surface area contributed by atoms with Gasteiger partial charge in [0.1, 0.15) is 6.10 Å². The summed E-state index contributed by atoms with van der Waals surface area (Å²) in [5.41, 5.74) is -0.764. The van der Waals surface area contributed by atoms with E-state index in [4.69, 9.17) is 11.6 Å². The molecule has 1 aromatic rings. The Morgan fingerprint density at radius 2 is 2.13 bits per heavy atom. The lowest BCUT2D eigenvalue weighted by molar-refractivity contribution is -0.386. The van der Waals surface area contributed by atoms with Crippen LogP contribution >= 0.6 is 11.6 Å². The number of hydrogen-bond donors (Lipinski definition) is 0. The van der Waals surface area contributed by atoms with Gasteiger partial charge in [-0.05, 0) is 13.0 Å². The molecule has 0 saturated carbocycles. The number of para-hydroxylation sites is 1. The predicted molar refractivity (Wildman–Crippen MR) is 53.8 cm³/mol. The molecule has 0 aliphatic rings. The summed E-state index contributed by atoms with van der Waals surface area (Å²) in [7, 11) is 0. The van der Waals surface area contributed by atoms with Crippen LogP contribution in [0.15, 0.2) is 24.3 Å². The van der Waals surface area contributed by atoms with Crippen LogP contribution in [0.1, 0.15) is 18.6 Å². The molecule has 0 radical (unpaired) electrons. The average molecular weight is 230 g/mol. The van der Waals surface area contributed by atoms with Gasteiger partial charge < -0.3 is 4.74 Å². The van der Waals surface area contributed by atoms with E-state index in [1.165, 1.54) is 25.1 Å². The monoisotopic (exact) mass is 229 g/mol. The summed E-state index contributed by atoms with van der Waals surface area (Å²) >= 11 is 5.02. The second-order valence-electron chi connectivity index (χ2n) is 2.81. The first kappa shape index (κ1) is 11.5. The molecule has 0 bridgehead atoms. The van der Waals surface area contributed by atoms with Crippen LogP contribution in [0.2, 0.25) is 0 Å². The Bertz CT molecular complexity index is 393. The van der Waals surface area contributed by atoms with E-state index < -0.39 is 16.5 Å². The van der Waals surface area contributed by atoms with Crippen LogP contribution in [0.4, 0.5) is 10.5 Å². The molecular formula is C9H8ClNO4. The molecular weight excluding hydrogens is 222 g/mol. The van der Waals surface area contributed by atoms with Gasteiger partial charge >= 0.3 is 5.43 Å². The number of ether oxygens (including phenoxy) is 1. The molecule has 0 aliphatic carbocycles. The summed E-state index contributed by atoms with van der Waals surface area (Å²) in [4.78, 5) is 20.6. The van der Waals surface area contributed by atoms with Gasteiger partial charge in [-0.15, -0.1) is 0 Å². The van der Waals surface area contributed by atoms with E-state index in [1.807, 2.05) is 0 Å². The molecule has 5 nitrogen and oxygen atoms in total. The van der Waals surface area contributed by atoms with E-state index in [1.54, 1.807) is 6.07 Å². The lowest BCUT2D eigenvalue weighted by Gasteiger charge is -2.10. The van der Waals surface area contributed by atoms with Gasteiger partial charge in [0.2, 0.25) is 0 Å². The topological polar surface area (TPSA) is 69.4 Å². The van der Waals surface area contributed by atoms with Crippen LogP contribution in [0.25, 0.3) is 0 Å². The number of benzene rings is 1. The molecule has 0 aromatic heterocycles.